The van der Waals surface area contributed by atoms with Crippen LogP contribution in [0.5, 0.6) is 0 Å². The molecular weight excluding hydrogens is 398 g/mol. The lowest BCUT2D eigenvalue weighted by molar-refractivity contribution is 0.265. The first-order valence-corrected chi connectivity index (χ1v) is 13.0. The fourth-order valence-corrected chi connectivity index (χ4v) is 6.98. The standard InChI is InChI=1S/C32H39N/c1-5-23(4)25-12-14-28(15-13-25)31-21-27-20-24(19-22(2)3)11-16-30(27)32(31,33)18-17-29(31)26-9-7-6-8-10-26/h6-16,20,22-23,29H,5,17-19,21,33H2,1-4H3. The van der Waals surface area contributed by atoms with Gasteiger partial charge in [0.1, 0.15) is 0 Å². The first kappa shape index (κ1) is 22.4. The number of hydrogen-bond acceptors (Lipinski definition) is 1. The number of fused-ring (bicyclic) bond motifs is 3. The predicted molar refractivity (Wildman–Crippen MR) is 140 cm³/mol. The zero-order valence-corrected chi connectivity index (χ0v) is 20.8. The average Bonchev–Trinajstić information content (AvgIpc) is 3.25. The summed E-state index contributed by atoms with van der Waals surface area (Å²) in [5.74, 6) is 1.68. The van der Waals surface area contributed by atoms with Crippen molar-refractivity contribution in [1.82, 2.24) is 0 Å². The average molecular weight is 438 g/mol. The summed E-state index contributed by atoms with van der Waals surface area (Å²) in [5, 5.41) is 0. The summed E-state index contributed by atoms with van der Waals surface area (Å²) in [5.41, 5.74) is 15.7. The molecule has 4 unspecified atom stereocenters. The number of nitrogens with two attached hydrogens (primary N) is 1. The second-order valence-electron chi connectivity index (χ2n) is 11.1. The quantitative estimate of drug-likeness (QED) is 0.421. The minimum Gasteiger partial charge on any atom is -0.321 e. The lowest BCUT2D eigenvalue weighted by atomic mass is 9.62. The van der Waals surface area contributed by atoms with Crippen LogP contribution in [0.4, 0.5) is 0 Å². The summed E-state index contributed by atoms with van der Waals surface area (Å²) < 4.78 is 0. The SMILES string of the molecule is CCC(C)c1ccc(C23Cc4cc(CC(C)C)ccc4C2(N)CCC3c2ccccc2)cc1. The van der Waals surface area contributed by atoms with Gasteiger partial charge < -0.3 is 5.73 Å². The van der Waals surface area contributed by atoms with Gasteiger partial charge in [0.2, 0.25) is 0 Å². The third kappa shape index (κ3) is 3.48. The maximum atomic E-state index is 7.55. The molecular formula is C32H39N. The molecule has 0 bridgehead atoms. The van der Waals surface area contributed by atoms with Crippen LogP contribution < -0.4 is 5.73 Å². The summed E-state index contributed by atoms with van der Waals surface area (Å²) in [6, 6.07) is 27.9. The Morgan fingerprint density at radius 1 is 0.939 bits per heavy atom. The second-order valence-corrected chi connectivity index (χ2v) is 11.1. The first-order chi connectivity index (χ1) is 15.9. The zero-order chi connectivity index (χ0) is 23.2. The fraction of sp³-hybridized carbons (Fsp3) is 0.438. The van der Waals surface area contributed by atoms with E-state index in [4.69, 9.17) is 5.73 Å². The van der Waals surface area contributed by atoms with E-state index in [1.807, 2.05) is 0 Å². The van der Waals surface area contributed by atoms with Crippen LogP contribution in [0, 0.1) is 5.92 Å². The molecule has 0 aliphatic heterocycles. The van der Waals surface area contributed by atoms with Gasteiger partial charge in [0.05, 0.1) is 5.54 Å². The lowest BCUT2D eigenvalue weighted by Crippen LogP contribution is -2.51. The highest BCUT2D eigenvalue weighted by Gasteiger charge is 2.63. The Bertz CT molecular complexity index is 1110. The largest absolute Gasteiger partial charge is 0.321 e. The highest BCUT2D eigenvalue weighted by atomic mass is 14.9. The van der Waals surface area contributed by atoms with Crippen LogP contribution in [0.3, 0.4) is 0 Å². The Morgan fingerprint density at radius 2 is 1.67 bits per heavy atom. The molecule has 3 aromatic carbocycles. The van der Waals surface area contributed by atoms with E-state index in [2.05, 4.69) is 100 Å². The van der Waals surface area contributed by atoms with Crippen LogP contribution in [-0.2, 0) is 23.8 Å². The Kier molecular flexibility index (Phi) is 5.73. The lowest BCUT2D eigenvalue weighted by Gasteiger charge is -2.43. The normalized spacial score (nSPS) is 26.9. The molecule has 2 aliphatic rings. The van der Waals surface area contributed by atoms with E-state index in [-0.39, 0.29) is 11.0 Å². The monoisotopic (exact) mass is 437 g/mol. The zero-order valence-electron chi connectivity index (χ0n) is 20.8. The Labute approximate surface area is 200 Å². The van der Waals surface area contributed by atoms with Gasteiger partial charge >= 0.3 is 0 Å². The van der Waals surface area contributed by atoms with Gasteiger partial charge in [-0.25, -0.2) is 0 Å². The molecule has 0 aromatic heterocycles. The Morgan fingerprint density at radius 3 is 2.33 bits per heavy atom. The summed E-state index contributed by atoms with van der Waals surface area (Å²) in [6.07, 6.45) is 5.51. The van der Waals surface area contributed by atoms with Crippen molar-refractivity contribution in [3.05, 3.63) is 106 Å². The number of benzene rings is 3. The smallest absolute Gasteiger partial charge is 0.0519 e. The van der Waals surface area contributed by atoms with E-state index in [0.717, 1.165) is 25.7 Å². The minimum atomic E-state index is -0.322. The molecule has 2 N–H and O–H groups in total. The molecule has 0 spiro atoms. The van der Waals surface area contributed by atoms with Crippen LogP contribution in [0.15, 0.2) is 72.8 Å². The van der Waals surface area contributed by atoms with Crippen molar-refractivity contribution in [3.8, 4) is 0 Å². The summed E-state index contributed by atoms with van der Waals surface area (Å²) in [4.78, 5) is 0. The fourth-order valence-electron chi connectivity index (χ4n) is 6.98. The summed E-state index contributed by atoms with van der Waals surface area (Å²) in [6.45, 7) is 9.20. The van der Waals surface area contributed by atoms with Crippen molar-refractivity contribution in [2.45, 2.75) is 82.6 Å². The van der Waals surface area contributed by atoms with Gasteiger partial charge in [0.25, 0.3) is 0 Å². The third-order valence-electron chi connectivity index (χ3n) is 8.79. The van der Waals surface area contributed by atoms with Crippen molar-refractivity contribution in [2.24, 2.45) is 11.7 Å². The van der Waals surface area contributed by atoms with Crippen molar-refractivity contribution in [2.75, 3.05) is 0 Å². The molecule has 5 rings (SSSR count). The van der Waals surface area contributed by atoms with Crippen molar-refractivity contribution in [1.29, 1.82) is 0 Å². The summed E-state index contributed by atoms with van der Waals surface area (Å²) >= 11 is 0. The molecule has 172 valence electrons. The van der Waals surface area contributed by atoms with E-state index < -0.39 is 0 Å². The van der Waals surface area contributed by atoms with Gasteiger partial charge in [-0.2, -0.15) is 0 Å². The second kappa shape index (κ2) is 8.44. The minimum absolute atomic E-state index is 0.0961. The topological polar surface area (TPSA) is 26.0 Å². The van der Waals surface area contributed by atoms with Gasteiger partial charge in [0.15, 0.2) is 0 Å². The molecule has 2 aliphatic carbocycles. The van der Waals surface area contributed by atoms with E-state index in [1.165, 1.54) is 39.8 Å². The van der Waals surface area contributed by atoms with Crippen LogP contribution >= 0.6 is 0 Å². The van der Waals surface area contributed by atoms with E-state index >= 15 is 0 Å². The maximum absolute atomic E-state index is 7.55. The van der Waals surface area contributed by atoms with Gasteiger partial charge in [-0.15, -0.1) is 0 Å². The number of hydrogen-bond donors (Lipinski definition) is 1. The number of rotatable bonds is 6. The van der Waals surface area contributed by atoms with Crippen LogP contribution in [0.1, 0.15) is 92.2 Å². The van der Waals surface area contributed by atoms with E-state index in [0.29, 0.717) is 17.8 Å². The van der Waals surface area contributed by atoms with Crippen LogP contribution in [0.25, 0.3) is 0 Å². The van der Waals surface area contributed by atoms with Crippen LogP contribution in [-0.4, -0.2) is 0 Å². The molecule has 0 saturated heterocycles. The highest BCUT2D eigenvalue weighted by Crippen LogP contribution is 2.65. The van der Waals surface area contributed by atoms with Crippen molar-refractivity contribution < 1.29 is 0 Å². The van der Waals surface area contributed by atoms with Gasteiger partial charge in [-0.1, -0.05) is 100 Å². The first-order valence-electron chi connectivity index (χ1n) is 13.0. The van der Waals surface area contributed by atoms with E-state index in [9.17, 15) is 0 Å². The molecule has 1 nitrogen and oxygen atoms in total. The molecule has 33 heavy (non-hydrogen) atoms. The molecule has 4 atom stereocenters. The third-order valence-corrected chi connectivity index (χ3v) is 8.79. The van der Waals surface area contributed by atoms with Gasteiger partial charge in [-0.05, 0) is 83.2 Å². The van der Waals surface area contributed by atoms with Gasteiger partial charge in [0, 0.05) is 5.41 Å². The molecule has 1 saturated carbocycles. The predicted octanol–water partition coefficient (Wildman–Crippen LogP) is 7.62. The molecule has 3 aromatic rings. The Hall–Kier alpha value is -2.38. The van der Waals surface area contributed by atoms with Gasteiger partial charge in [-0.3, -0.25) is 0 Å². The van der Waals surface area contributed by atoms with Crippen molar-refractivity contribution in [3.63, 3.8) is 0 Å². The molecule has 1 heteroatoms. The summed E-state index contributed by atoms with van der Waals surface area (Å²) in [7, 11) is 0. The van der Waals surface area contributed by atoms with Crippen LogP contribution in [0.2, 0.25) is 0 Å². The van der Waals surface area contributed by atoms with E-state index in [1.54, 1.807) is 0 Å². The molecule has 0 heterocycles. The molecule has 1 fully saturated rings. The maximum Gasteiger partial charge on any atom is 0.0519 e. The molecule has 0 radical (unpaired) electrons. The molecule has 0 amide bonds. The highest BCUT2D eigenvalue weighted by molar-refractivity contribution is 5.56. The van der Waals surface area contributed by atoms with Crippen molar-refractivity contribution >= 4 is 0 Å². The Balaban J connectivity index is 1.66.